The van der Waals surface area contributed by atoms with Gasteiger partial charge in [0.2, 0.25) is 11.9 Å². The van der Waals surface area contributed by atoms with Gasteiger partial charge in [0.1, 0.15) is 6.33 Å². The summed E-state index contributed by atoms with van der Waals surface area (Å²) >= 11 is 9.36. The lowest BCUT2D eigenvalue weighted by molar-refractivity contribution is -0.116. The van der Waals surface area contributed by atoms with E-state index >= 15 is 0 Å². The maximum absolute atomic E-state index is 12.1. The normalized spacial score (nSPS) is 10.9. The molecule has 0 saturated heterocycles. The molecule has 26 heavy (non-hydrogen) atoms. The number of halogens is 2. The van der Waals surface area contributed by atoms with Crippen molar-refractivity contribution < 1.29 is 4.79 Å². The number of nitrogens with one attached hydrogen (secondary N) is 1. The molecule has 2 aromatic heterocycles. The average molecular weight is 438 g/mol. The summed E-state index contributed by atoms with van der Waals surface area (Å²) in [7, 11) is 0. The standard InChI is InChI=1S/C17H18BrClN6O/c1-11-16(18)12(2)25(22-11)8-7-15(26)21-17-20-10-24(23-17)9-13-3-5-14(19)6-4-13/h3-6,10H,7-9H2,1-2H3,(H,21,23,26). The van der Waals surface area contributed by atoms with Crippen LogP contribution in [0.2, 0.25) is 5.02 Å². The Kier molecular flexibility index (Phi) is 5.73. The summed E-state index contributed by atoms with van der Waals surface area (Å²) in [5.74, 6) is 0.136. The van der Waals surface area contributed by atoms with Gasteiger partial charge in [-0.1, -0.05) is 23.7 Å². The Balaban J connectivity index is 1.54. The molecule has 0 aliphatic rings. The van der Waals surface area contributed by atoms with Crippen molar-refractivity contribution in [2.45, 2.75) is 33.4 Å². The zero-order valence-corrected chi connectivity index (χ0v) is 16.8. The SMILES string of the molecule is Cc1nn(CCC(=O)Nc2ncn(Cc3ccc(Cl)cc3)n2)c(C)c1Br. The van der Waals surface area contributed by atoms with Crippen LogP contribution in [0, 0.1) is 13.8 Å². The molecule has 0 saturated carbocycles. The second-order valence-electron chi connectivity index (χ2n) is 5.90. The van der Waals surface area contributed by atoms with Crippen LogP contribution in [0.25, 0.3) is 0 Å². The number of rotatable bonds is 6. The third-order valence-electron chi connectivity index (χ3n) is 3.89. The van der Waals surface area contributed by atoms with Gasteiger partial charge in [0.25, 0.3) is 0 Å². The van der Waals surface area contributed by atoms with Crippen LogP contribution in [0.15, 0.2) is 35.1 Å². The van der Waals surface area contributed by atoms with Crippen LogP contribution in [0.3, 0.4) is 0 Å². The average Bonchev–Trinajstić information content (AvgIpc) is 3.15. The fourth-order valence-corrected chi connectivity index (χ4v) is 2.90. The fraction of sp³-hybridized carbons (Fsp3) is 0.294. The van der Waals surface area contributed by atoms with Crippen LogP contribution >= 0.6 is 27.5 Å². The lowest BCUT2D eigenvalue weighted by Gasteiger charge is -2.04. The van der Waals surface area contributed by atoms with Gasteiger partial charge in [0, 0.05) is 17.1 Å². The second kappa shape index (κ2) is 8.01. The molecule has 1 aromatic carbocycles. The van der Waals surface area contributed by atoms with Gasteiger partial charge < -0.3 is 0 Å². The number of hydrogen-bond acceptors (Lipinski definition) is 4. The van der Waals surface area contributed by atoms with Crippen molar-refractivity contribution >= 4 is 39.4 Å². The molecule has 0 fully saturated rings. The first-order chi connectivity index (χ1) is 12.4. The summed E-state index contributed by atoms with van der Waals surface area (Å²) in [5, 5.41) is 12.1. The van der Waals surface area contributed by atoms with E-state index in [0.717, 1.165) is 21.4 Å². The molecule has 2 heterocycles. The van der Waals surface area contributed by atoms with E-state index in [2.05, 4.69) is 36.4 Å². The zero-order valence-electron chi connectivity index (χ0n) is 14.4. The molecule has 1 amide bonds. The number of amides is 1. The quantitative estimate of drug-likeness (QED) is 0.639. The van der Waals surface area contributed by atoms with Gasteiger partial charge in [0.15, 0.2) is 0 Å². The molecule has 3 rings (SSSR count). The first-order valence-corrected chi connectivity index (χ1v) is 9.22. The lowest BCUT2D eigenvalue weighted by atomic mass is 10.2. The minimum absolute atomic E-state index is 0.155. The molecule has 0 radical (unpaired) electrons. The van der Waals surface area contributed by atoms with Gasteiger partial charge in [-0.25, -0.2) is 9.67 Å². The highest BCUT2D eigenvalue weighted by Gasteiger charge is 2.11. The lowest BCUT2D eigenvalue weighted by Crippen LogP contribution is -2.16. The Hall–Kier alpha value is -2.19. The number of carbonyl (C=O) groups excluding carboxylic acids is 1. The summed E-state index contributed by atoms with van der Waals surface area (Å²) < 4.78 is 4.45. The maximum atomic E-state index is 12.1. The molecule has 3 aromatic rings. The van der Waals surface area contributed by atoms with E-state index in [1.54, 1.807) is 11.0 Å². The Morgan fingerprint density at radius 3 is 2.62 bits per heavy atom. The number of nitrogens with zero attached hydrogens (tertiary/aromatic N) is 5. The number of aromatic nitrogens is 5. The van der Waals surface area contributed by atoms with Gasteiger partial charge in [-0.3, -0.25) is 14.8 Å². The van der Waals surface area contributed by atoms with Crippen molar-refractivity contribution in [1.82, 2.24) is 24.5 Å². The monoisotopic (exact) mass is 436 g/mol. The topological polar surface area (TPSA) is 77.6 Å². The molecule has 0 atom stereocenters. The highest BCUT2D eigenvalue weighted by Crippen LogP contribution is 2.19. The number of benzene rings is 1. The predicted octanol–water partition coefficient (Wildman–Crippen LogP) is 3.58. The van der Waals surface area contributed by atoms with Crippen molar-refractivity contribution in [2.75, 3.05) is 5.32 Å². The molecule has 0 unspecified atom stereocenters. The fourth-order valence-electron chi connectivity index (χ4n) is 2.49. The van der Waals surface area contributed by atoms with Gasteiger partial charge in [-0.2, -0.15) is 5.10 Å². The maximum Gasteiger partial charge on any atom is 0.248 e. The molecular formula is C17H18BrClN6O. The van der Waals surface area contributed by atoms with Crippen LogP contribution in [-0.2, 0) is 17.9 Å². The Morgan fingerprint density at radius 1 is 1.23 bits per heavy atom. The van der Waals surface area contributed by atoms with Crippen LogP contribution in [0.1, 0.15) is 23.4 Å². The Labute approximate surface area is 164 Å². The minimum atomic E-state index is -0.155. The molecule has 7 nitrogen and oxygen atoms in total. The van der Waals surface area contributed by atoms with Crippen LogP contribution in [0.4, 0.5) is 5.95 Å². The highest BCUT2D eigenvalue weighted by molar-refractivity contribution is 9.10. The van der Waals surface area contributed by atoms with E-state index in [0.29, 0.717) is 30.5 Å². The largest absolute Gasteiger partial charge is 0.293 e. The molecule has 9 heteroatoms. The van der Waals surface area contributed by atoms with Crippen LogP contribution < -0.4 is 5.32 Å². The van der Waals surface area contributed by atoms with Crippen molar-refractivity contribution in [2.24, 2.45) is 0 Å². The van der Waals surface area contributed by atoms with Gasteiger partial charge in [0.05, 0.1) is 23.3 Å². The Morgan fingerprint density at radius 2 is 1.96 bits per heavy atom. The molecule has 0 bridgehead atoms. The third-order valence-corrected chi connectivity index (χ3v) is 5.29. The smallest absolute Gasteiger partial charge is 0.248 e. The summed E-state index contributed by atoms with van der Waals surface area (Å²) in [6, 6.07) is 7.51. The van der Waals surface area contributed by atoms with Gasteiger partial charge in [-0.05, 0) is 47.5 Å². The molecular weight excluding hydrogens is 420 g/mol. The highest BCUT2D eigenvalue weighted by atomic mass is 79.9. The molecule has 0 aliphatic heterocycles. The molecule has 0 aliphatic carbocycles. The summed E-state index contributed by atoms with van der Waals surface area (Å²) in [4.78, 5) is 16.3. The van der Waals surface area contributed by atoms with Gasteiger partial charge >= 0.3 is 0 Å². The molecule has 136 valence electrons. The minimum Gasteiger partial charge on any atom is -0.293 e. The zero-order chi connectivity index (χ0) is 18.7. The van der Waals surface area contributed by atoms with Crippen LogP contribution in [-0.4, -0.2) is 30.5 Å². The molecule has 0 spiro atoms. The first-order valence-electron chi connectivity index (χ1n) is 8.05. The first kappa shape index (κ1) is 18.6. The van der Waals surface area contributed by atoms with Crippen molar-refractivity contribution in [3.63, 3.8) is 0 Å². The van der Waals surface area contributed by atoms with E-state index < -0.39 is 0 Å². The van der Waals surface area contributed by atoms with E-state index in [4.69, 9.17) is 11.6 Å². The van der Waals surface area contributed by atoms with Gasteiger partial charge in [-0.15, -0.1) is 5.10 Å². The summed E-state index contributed by atoms with van der Waals surface area (Å²) in [6.45, 7) is 4.93. The van der Waals surface area contributed by atoms with E-state index in [1.165, 1.54) is 0 Å². The van der Waals surface area contributed by atoms with E-state index in [-0.39, 0.29) is 5.91 Å². The van der Waals surface area contributed by atoms with Crippen LogP contribution in [0.5, 0.6) is 0 Å². The van der Waals surface area contributed by atoms with Crippen molar-refractivity contribution in [1.29, 1.82) is 0 Å². The number of hydrogen-bond donors (Lipinski definition) is 1. The second-order valence-corrected chi connectivity index (χ2v) is 7.13. The van der Waals surface area contributed by atoms with Crippen molar-refractivity contribution in [3.8, 4) is 0 Å². The third kappa shape index (κ3) is 4.50. The predicted molar refractivity (Wildman–Crippen MR) is 103 cm³/mol. The summed E-state index contributed by atoms with van der Waals surface area (Å²) in [6.07, 6.45) is 1.88. The summed E-state index contributed by atoms with van der Waals surface area (Å²) in [5.41, 5.74) is 2.96. The van der Waals surface area contributed by atoms with E-state index in [9.17, 15) is 4.79 Å². The Bertz CT molecular complexity index is 918. The van der Waals surface area contributed by atoms with E-state index in [1.807, 2.05) is 42.8 Å². The number of aryl methyl sites for hydroxylation is 2. The van der Waals surface area contributed by atoms with Crippen molar-refractivity contribution in [3.05, 3.63) is 57.0 Å². The molecule has 1 N–H and O–H groups in total. The number of anilines is 1. The number of carbonyl (C=O) groups is 1.